The summed E-state index contributed by atoms with van der Waals surface area (Å²) in [5, 5.41) is 3.40. The van der Waals surface area contributed by atoms with Crippen LogP contribution in [0.25, 0.3) is 0 Å². The highest BCUT2D eigenvalue weighted by atomic mass is 79.9. The minimum Gasteiger partial charge on any atom is -0.461 e. The number of esters is 1. The van der Waals surface area contributed by atoms with Crippen LogP contribution in [-0.4, -0.2) is 35.1 Å². The number of amides is 1. The zero-order valence-electron chi connectivity index (χ0n) is 13.1. The highest BCUT2D eigenvalue weighted by Crippen LogP contribution is 2.21. The molecule has 0 spiro atoms. The summed E-state index contributed by atoms with van der Waals surface area (Å²) in [6.07, 6.45) is 4.78. The SMILES string of the molecule is CC(C)(C)OC(=O)NC(CCCBr)C(=O)OC1CCCC1. The molecule has 0 heterocycles. The van der Waals surface area contributed by atoms with Crippen molar-refractivity contribution in [2.45, 2.75) is 77.0 Å². The highest BCUT2D eigenvalue weighted by Gasteiger charge is 2.28. The number of hydrogen-bond acceptors (Lipinski definition) is 4. The number of nitrogens with one attached hydrogen (secondary N) is 1. The first-order valence-electron chi connectivity index (χ1n) is 7.58. The van der Waals surface area contributed by atoms with E-state index in [0.29, 0.717) is 6.42 Å². The predicted molar refractivity (Wildman–Crippen MR) is 84.5 cm³/mol. The number of carbonyl (C=O) groups is 2. The van der Waals surface area contributed by atoms with Crippen LogP contribution in [0.2, 0.25) is 0 Å². The van der Waals surface area contributed by atoms with Gasteiger partial charge in [-0.05, 0) is 59.3 Å². The van der Waals surface area contributed by atoms with Crippen LogP contribution in [0.3, 0.4) is 0 Å². The smallest absolute Gasteiger partial charge is 0.408 e. The molecule has 1 aliphatic carbocycles. The maximum absolute atomic E-state index is 12.2. The summed E-state index contributed by atoms with van der Waals surface area (Å²) in [5.74, 6) is -0.353. The predicted octanol–water partition coefficient (Wildman–Crippen LogP) is 3.54. The van der Waals surface area contributed by atoms with E-state index in [1.165, 1.54) is 0 Å². The zero-order chi connectivity index (χ0) is 15.9. The van der Waals surface area contributed by atoms with Gasteiger partial charge in [-0.15, -0.1) is 0 Å². The van der Waals surface area contributed by atoms with Crippen molar-refractivity contribution in [3.8, 4) is 0 Å². The third kappa shape index (κ3) is 7.69. The van der Waals surface area contributed by atoms with Gasteiger partial charge in [0.25, 0.3) is 0 Å². The van der Waals surface area contributed by atoms with Crippen LogP contribution in [0.1, 0.15) is 59.3 Å². The Balaban J connectivity index is 2.52. The first-order chi connectivity index (χ1) is 9.81. The lowest BCUT2D eigenvalue weighted by molar-refractivity contribution is -0.151. The van der Waals surface area contributed by atoms with Gasteiger partial charge < -0.3 is 14.8 Å². The molecule has 0 saturated heterocycles. The lowest BCUT2D eigenvalue weighted by atomic mass is 10.1. The van der Waals surface area contributed by atoms with E-state index >= 15 is 0 Å². The van der Waals surface area contributed by atoms with Crippen LogP contribution in [-0.2, 0) is 14.3 Å². The van der Waals surface area contributed by atoms with Crippen LogP contribution in [0.4, 0.5) is 4.79 Å². The van der Waals surface area contributed by atoms with Gasteiger partial charge in [0.05, 0.1) is 0 Å². The summed E-state index contributed by atoms with van der Waals surface area (Å²) in [7, 11) is 0. The van der Waals surface area contributed by atoms with Crippen LogP contribution in [0.5, 0.6) is 0 Å². The minimum atomic E-state index is -0.641. The number of alkyl halides is 1. The molecule has 1 atom stereocenters. The Kier molecular flexibility index (Phi) is 7.49. The Hall–Kier alpha value is -0.780. The monoisotopic (exact) mass is 363 g/mol. The number of ether oxygens (including phenoxy) is 2. The molecule has 5 nitrogen and oxygen atoms in total. The van der Waals surface area contributed by atoms with Gasteiger partial charge in [0, 0.05) is 5.33 Å². The van der Waals surface area contributed by atoms with Crippen LogP contribution >= 0.6 is 15.9 Å². The van der Waals surface area contributed by atoms with E-state index in [9.17, 15) is 9.59 Å². The van der Waals surface area contributed by atoms with Crippen molar-refractivity contribution in [2.24, 2.45) is 0 Å². The average molecular weight is 364 g/mol. The second kappa shape index (κ2) is 8.61. The van der Waals surface area contributed by atoms with E-state index in [4.69, 9.17) is 9.47 Å². The molecule has 1 saturated carbocycles. The molecule has 0 aliphatic heterocycles. The van der Waals surface area contributed by atoms with E-state index in [0.717, 1.165) is 37.4 Å². The van der Waals surface area contributed by atoms with Crippen LogP contribution in [0.15, 0.2) is 0 Å². The van der Waals surface area contributed by atoms with E-state index in [1.54, 1.807) is 20.8 Å². The Morgan fingerprint density at radius 1 is 1.29 bits per heavy atom. The van der Waals surface area contributed by atoms with E-state index in [-0.39, 0.29) is 12.1 Å². The molecular formula is C15H26BrNO4. The number of rotatable bonds is 6. The van der Waals surface area contributed by atoms with Crippen molar-refractivity contribution >= 4 is 28.0 Å². The topological polar surface area (TPSA) is 64.6 Å². The second-order valence-corrected chi connectivity index (χ2v) is 7.17. The van der Waals surface area contributed by atoms with Gasteiger partial charge in [-0.1, -0.05) is 15.9 Å². The van der Waals surface area contributed by atoms with E-state index < -0.39 is 17.7 Å². The average Bonchev–Trinajstić information content (AvgIpc) is 2.84. The van der Waals surface area contributed by atoms with Gasteiger partial charge in [-0.2, -0.15) is 0 Å². The molecule has 1 fully saturated rings. The third-order valence-electron chi connectivity index (χ3n) is 3.19. The van der Waals surface area contributed by atoms with Gasteiger partial charge in [-0.3, -0.25) is 0 Å². The van der Waals surface area contributed by atoms with Crippen molar-refractivity contribution in [3.63, 3.8) is 0 Å². The van der Waals surface area contributed by atoms with Gasteiger partial charge in [-0.25, -0.2) is 9.59 Å². The molecular weight excluding hydrogens is 338 g/mol. The van der Waals surface area contributed by atoms with Gasteiger partial charge in [0.15, 0.2) is 0 Å². The molecule has 1 amide bonds. The largest absolute Gasteiger partial charge is 0.461 e. The quantitative estimate of drug-likeness (QED) is 0.578. The molecule has 6 heteroatoms. The molecule has 1 rings (SSSR count). The normalized spacial score (nSPS) is 17.3. The summed E-state index contributed by atoms with van der Waals surface area (Å²) in [6.45, 7) is 5.37. The molecule has 122 valence electrons. The Morgan fingerprint density at radius 2 is 1.90 bits per heavy atom. The van der Waals surface area contributed by atoms with E-state index in [1.807, 2.05) is 0 Å². The van der Waals surface area contributed by atoms with Crippen molar-refractivity contribution in [1.82, 2.24) is 5.32 Å². The summed E-state index contributed by atoms with van der Waals surface area (Å²) in [6, 6.07) is -0.641. The van der Waals surface area contributed by atoms with Crippen molar-refractivity contribution in [3.05, 3.63) is 0 Å². The molecule has 0 aromatic rings. The first-order valence-corrected chi connectivity index (χ1v) is 8.70. The number of hydrogen-bond donors (Lipinski definition) is 1. The lowest BCUT2D eigenvalue weighted by Crippen LogP contribution is -2.45. The summed E-state index contributed by atoms with van der Waals surface area (Å²) in [4.78, 5) is 24.0. The van der Waals surface area contributed by atoms with Gasteiger partial charge in [0.1, 0.15) is 17.7 Å². The number of carbonyl (C=O) groups excluding carboxylic acids is 2. The van der Waals surface area contributed by atoms with Crippen LogP contribution in [0, 0.1) is 0 Å². The van der Waals surface area contributed by atoms with E-state index in [2.05, 4.69) is 21.2 Å². The summed E-state index contributed by atoms with van der Waals surface area (Å²) >= 11 is 3.33. The Morgan fingerprint density at radius 3 is 2.43 bits per heavy atom. The van der Waals surface area contributed by atoms with Gasteiger partial charge >= 0.3 is 12.1 Å². The first kappa shape index (κ1) is 18.3. The molecule has 0 aromatic heterocycles. The van der Waals surface area contributed by atoms with Crippen LogP contribution < -0.4 is 5.32 Å². The third-order valence-corrected chi connectivity index (χ3v) is 3.75. The fraction of sp³-hybridized carbons (Fsp3) is 0.867. The van der Waals surface area contributed by atoms with Gasteiger partial charge in [0.2, 0.25) is 0 Å². The zero-order valence-corrected chi connectivity index (χ0v) is 14.7. The molecule has 0 aromatic carbocycles. The Labute approximate surface area is 135 Å². The van der Waals surface area contributed by atoms with Crippen molar-refractivity contribution in [1.29, 1.82) is 0 Å². The number of alkyl carbamates (subject to hydrolysis) is 1. The lowest BCUT2D eigenvalue weighted by Gasteiger charge is -2.23. The highest BCUT2D eigenvalue weighted by molar-refractivity contribution is 9.09. The molecule has 1 unspecified atom stereocenters. The molecule has 1 aliphatic rings. The Bertz CT molecular complexity index is 348. The maximum atomic E-state index is 12.2. The van der Waals surface area contributed by atoms with Crippen molar-refractivity contribution in [2.75, 3.05) is 5.33 Å². The fourth-order valence-electron chi connectivity index (χ4n) is 2.23. The summed E-state index contributed by atoms with van der Waals surface area (Å²) in [5.41, 5.74) is -0.584. The minimum absolute atomic E-state index is 0.00408. The fourth-order valence-corrected chi connectivity index (χ4v) is 2.56. The molecule has 1 N–H and O–H groups in total. The molecule has 0 bridgehead atoms. The van der Waals surface area contributed by atoms with Crippen molar-refractivity contribution < 1.29 is 19.1 Å². The second-order valence-electron chi connectivity index (χ2n) is 6.37. The number of halogens is 1. The standard InChI is InChI=1S/C15H26BrNO4/c1-15(2,3)21-14(19)17-12(9-6-10-16)13(18)20-11-7-4-5-8-11/h11-12H,4-10H2,1-3H3,(H,17,19). The molecule has 21 heavy (non-hydrogen) atoms. The summed E-state index contributed by atoms with van der Waals surface area (Å²) < 4.78 is 10.7. The maximum Gasteiger partial charge on any atom is 0.408 e. The molecule has 0 radical (unpaired) electrons.